The van der Waals surface area contributed by atoms with Crippen LogP contribution in [0.3, 0.4) is 0 Å². The van der Waals surface area contributed by atoms with Gasteiger partial charge in [-0.05, 0) is 62.2 Å². The van der Waals surface area contributed by atoms with Crippen molar-refractivity contribution in [2.75, 3.05) is 17.1 Å². The van der Waals surface area contributed by atoms with Gasteiger partial charge in [0.05, 0.1) is 11.9 Å². The van der Waals surface area contributed by atoms with Gasteiger partial charge in [0.2, 0.25) is 21.8 Å². The van der Waals surface area contributed by atoms with Crippen LogP contribution in [0.4, 0.5) is 5.69 Å². The molecular formula is C23H29Cl2N3O4S. The Hall–Kier alpha value is -2.29. The first-order chi connectivity index (χ1) is 15.4. The van der Waals surface area contributed by atoms with Crippen molar-refractivity contribution in [3.8, 4) is 0 Å². The smallest absolute Gasteiger partial charge is 0.244 e. The van der Waals surface area contributed by atoms with Crippen LogP contribution in [0.25, 0.3) is 0 Å². The average Bonchev–Trinajstić information content (AvgIpc) is 2.72. The van der Waals surface area contributed by atoms with E-state index in [0.717, 1.165) is 16.1 Å². The van der Waals surface area contributed by atoms with Crippen LogP contribution in [0, 0.1) is 0 Å². The molecule has 10 heteroatoms. The van der Waals surface area contributed by atoms with E-state index in [2.05, 4.69) is 5.32 Å². The molecule has 0 saturated heterocycles. The van der Waals surface area contributed by atoms with Crippen LogP contribution in [0.15, 0.2) is 48.5 Å². The number of rotatable bonds is 10. The summed E-state index contributed by atoms with van der Waals surface area (Å²) >= 11 is 11.9. The lowest BCUT2D eigenvalue weighted by molar-refractivity contribution is -0.140. The molecule has 2 amide bonds. The Labute approximate surface area is 205 Å². The molecule has 33 heavy (non-hydrogen) atoms. The van der Waals surface area contributed by atoms with Crippen LogP contribution in [0.5, 0.6) is 0 Å². The molecule has 0 unspecified atom stereocenters. The van der Waals surface area contributed by atoms with Gasteiger partial charge in [0.1, 0.15) is 12.6 Å². The van der Waals surface area contributed by atoms with Gasteiger partial charge in [-0.15, -0.1) is 0 Å². The van der Waals surface area contributed by atoms with Gasteiger partial charge < -0.3 is 10.2 Å². The van der Waals surface area contributed by atoms with Crippen LogP contribution < -0.4 is 9.62 Å². The highest BCUT2D eigenvalue weighted by atomic mass is 35.5. The van der Waals surface area contributed by atoms with Gasteiger partial charge in [-0.1, -0.05) is 42.3 Å². The van der Waals surface area contributed by atoms with Crippen LogP contribution in [0.2, 0.25) is 10.0 Å². The van der Waals surface area contributed by atoms with Crippen molar-refractivity contribution < 1.29 is 18.0 Å². The lowest BCUT2D eigenvalue weighted by Crippen LogP contribution is -2.53. The Kier molecular flexibility index (Phi) is 9.57. The molecule has 2 aromatic rings. The van der Waals surface area contributed by atoms with Crippen LogP contribution >= 0.6 is 23.2 Å². The summed E-state index contributed by atoms with van der Waals surface area (Å²) in [6, 6.07) is 12.2. The standard InChI is InChI=1S/C23H29Cl2N3O4S/c1-5-21(23(30)26-16(2)3)27(14-17-6-8-18(24)9-7-17)22(29)15-28(33(4,31)32)20-12-10-19(25)11-13-20/h6-13,16,21H,5,14-15H2,1-4H3,(H,26,30)/t21-/m0/s1. The Bertz CT molecular complexity index is 1060. The van der Waals surface area contributed by atoms with Gasteiger partial charge in [0.15, 0.2) is 0 Å². The third-order valence-corrected chi connectivity index (χ3v) is 6.52. The van der Waals surface area contributed by atoms with E-state index in [1.165, 1.54) is 17.0 Å². The van der Waals surface area contributed by atoms with Crippen molar-refractivity contribution in [3.05, 3.63) is 64.1 Å². The van der Waals surface area contributed by atoms with Crippen molar-refractivity contribution in [1.82, 2.24) is 10.2 Å². The molecule has 0 radical (unpaired) electrons. The van der Waals surface area contributed by atoms with E-state index in [9.17, 15) is 18.0 Å². The monoisotopic (exact) mass is 513 g/mol. The minimum atomic E-state index is -3.78. The van der Waals surface area contributed by atoms with Crippen molar-refractivity contribution in [2.45, 2.75) is 45.8 Å². The molecule has 0 aliphatic rings. The largest absolute Gasteiger partial charge is 0.352 e. The Morgan fingerprint density at radius 1 is 0.970 bits per heavy atom. The summed E-state index contributed by atoms with van der Waals surface area (Å²) in [6.07, 6.45) is 1.39. The molecule has 7 nitrogen and oxygen atoms in total. The predicted molar refractivity (Wildman–Crippen MR) is 133 cm³/mol. The summed E-state index contributed by atoms with van der Waals surface area (Å²) in [7, 11) is -3.78. The molecular weight excluding hydrogens is 485 g/mol. The average molecular weight is 514 g/mol. The zero-order valence-corrected chi connectivity index (χ0v) is 21.4. The zero-order valence-electron chi connectivity index (χ0n) is 19.1. The second-order valence-electron chi connectivity index (χ2n) is 7.98. The Morgan fingerprint density at radius 2 is 1.48 bits per heavy atom. The van der Waals surface area contributed by atoms with Gasteiger partial charge in [-0.25, -0.2) is 8.42 Å². The highest BCUT2D eigenvalue weighted by molar-refractivity contribution is 7.92. The Balaban J connectivity index is 2.42. The number of halogens is 2. The first-order valence-electron chi connectivity index (χ1n) is 10.5. The molecule has 0 aromatic heterocycles. The minimum absolute atomic E-state index is 0.111. The van der Waals surface area contributed by atoms with Crippen LogP contribution in [0.1, 0.15) is 32.8 Å². The van der Waals surface area contributed by atoms with Gasteiger partial charge in [-0.2, -0.15) is 0 Å². The fraction of sp³-hybridized carbons (Fsp3) is 0.391. The number of hydrogen-bond donors (Lipinski definition) is 1. The molecule has 2 rings (SSSR count). The lowest BCUT2D eigenvalue weighted by Gasteiger charge is -2.33. The van der Waals surface area contributed by atoms with Gasteiger partial charge >= 0.3 is 0 Å². The number of hydrogen-bond acceptors (Lipinski definition) is 4. The molecule has 0 aliphatic heterocycles. The Morgan fingerprint density at radius 3 is 1.94 bits per heavy atom. The first kappa shape index (κ1) is 27.0. The highest BCUT2D eigenvalue weighted by Gasteiger charge is 2.31. The maximum Gasteiger partial charge on any atom is 0.244 e. The third kappa shape index (κ3) is 7.91. The topological polar surface area (TPSA) is 86.8 Å². The molecule has 1 atom stereocenters. The van der Waals surface area contributed by atoms with Gasteiger partial charge in [0, 0.05) is 22.6 Å². The molecule has 0 spiro atoms. The number of anilines is 1. The number of carbonyl (C=O) groups is 2. The second kappa shape index (κ2) is 11.7. The molecule has 1 N–H and O–H groups in total. The molecule has 0 fully saturated rings. The molecule has 180 valence electrons. The maximum atomic E-state index is 13.5. The SMILES string of the molecule is CC[C@@H](C(=O)NC(C)C)N(Cc1ccc(Cl)cc1)C(=O)CN(c1ccc(Cl)cc1)S(C)(=O)=O. The summed E-state index contributed by atoms with van der Waals surface area (Å²) in [5.74, 6) is -0.803. The van der Waals surface area contributed by atoms with Gasteiger partial charge in [-0.3, -0.25) is 13.9 Å². The number of sulfonamides is 1. The number of nitrogens with zero attached hydrogens (tertiary/aromatic N) is 2. The summed E-state index contributed by atoms with van der Waals surface area (Å²) in [5, 5.41) is 3.84. The highest BCUT2D eigenvalue weighted by Crippen LogP contribution is 2.22. The fourth-order valence-corrected chi connectivity index (χ4v) is 4.41. The number of nitrogens with one attached hydrogen (secondary N) is 1. The van der Waals surface area contributed by atoms with Crippen molar-refractivity contribution in [3.63, 3.8) is 0 Å². The quantitative estimate of drug-likeness (QED) is 0.518. The number of amides is 2. The van der Waals surface area contributed by atoms with Crippen molar-refractivity contribution in [1.29, 1.82) is 0 Å². The summed E-state index contributed by atoms with van der Waals surface area (Å²) < 4.78 is 26.0. The van der Waals surface area contributed by atoms with E-state index < -0.39 is 28.5 Å². The van der Waals surface area contributed by atoms with Crippen LogP contribution in [-0.2, 0) is 26.2 Å². The summed E-state index contributed by atoms with van der Waals surface area (Å²) in [4.78, 5) is 27.8. The van der Waals surface area contributed by atoms with Crippen LogP contribution in [-0.4, -0.2) is 50.0 Å². The van der Waals surface area contributed by atoms with E-state index in [0.29, 0.717) is 22.2 Å². The molecule has 0 saturated carbocycles. The maximum absolute atomic E-state index is 13.5. The van der Waals surface area contributed by atoms with E-state index in [4.69, 9.17) is 23.2 Å². The number of carbonyl (C=O) groups excluding carboxylic acids is 2. The van der Waals surface area contributed by atoms with E-state index in [1.807, 2.05) is 13.8 Å². The van der Waals surface area contributed by atoms with E-state index in [-0.39, 0.29) is 18.5 Å². The normalized spacial score (nSPS) is 12.3. The lowest BCUT2D eigenvalue weighted by atomic mass is 10.1. The third-order valence-electron chi connectivity index (χ3n) is 4.88. The van der Waals surface area contributed by atoms with Gasteiger partial charge in [0.25, 0.3) is 0 Å². The fourth-order valence-electron chi connectivity index (χ4n) is 3.31. The number of benzene rings is 2. The summed E-state index contributed by atoms with van der Waals surface area (Å²) in [6.45, 7) is 5.14. The first-order valence-corrected chi connectivity index (χ1v) is 13.1. The molecule has 0 bridgehead atoms. The second-order valence-corrected chi connectivity index (χ2v) is 10.8. The van der Waals surface area contributed by atoms with E-state index >= 15 is 0 Å². The molecule has 2 aromatic carbocycles. The summed E-state index contributed by atoms with van der Waals surface area (Å²) in [5.41, 5.74) is 1.07. The zero-order chi connectivity index (χ0) is 24.8. The predicted octanol–water partition coefficient (Wildman–Crippen LogP) is 4.09. The minimum Gasteiger partial charge on any atom is -0.352 e. The molecule has 0 heterocycles. The van der Waals surface area contributed by atoms with Crippen molar-refractivity contribution in [2.24, 2.45) is 0 Å². The van der Waals surface area contributed by atoms with E-state index in [1.54, 1.807) is 43.3 Å². The van der Waals surface area contributed by atoms with Crippen molar-refractivity contribution >= 4 is 50.7 Å². The molecule has 0 aliphatic carbocycles.